The van der Waals surface area contributed by atoms with Gasteiger partial charge in [0.05, 0.1) is 4.83 Å². The molecule has 0 amide bonds. The molecule has 0 unspecified atom stereocenters. The van der Waals surface area contributed by atoms with E-state index in [1.165, 1.54) is 0 Å². The quantitative estimate of drug-likeness (QED) is 0.534. The van der Waals surface area contributed by atoms with Crippen molar-refractivity contribution < 1.29 is 14.7 Å². The van der Waals surface area contributed by atoms with Gasteiger partial charge in [-0.25, -0.2) is 0 Å². The lowest BCUT2D eigenvalue weighted by atomic mass is 9.88. The van der Waals surface area contributed by atoms with E-state index in [1.807, 2.05) is 0 Å². The van der Waals surface area contributed by atoms with Crippen molar-refractivity contribution in [2.24, 2.45) is 5.92 Å². The fraction of sp³-hybridized carbons (Fsp3) is 0.714. The van der Waals surface area contributed by atoms with Crippen LogP contribution in [0.4, 0.5) is 0 Å². The van der Waals surface area contributed by atoms with E-state index in [1.54, 1.807) is 0 Å². The Bertz CT molecular complexity index is 190. The molecule has 1 aliphatic rings. The van der Waals surface area contributed by atoms with Crippen LogP contribution in [0.25, 0.3) is 0 Å². The van der Waals surface area contributed by atoms with Crippen molar-refractivity contribution in [1.29, 1.82) is 0 Å². The van der Waals surface area contributed by atoms with Crippen LogP contribution in [0.2, 0.25) is 0 Å². The maximum absolute atomic E-state index is 11.1. The summed E-state index contributed by atoms with van der Waals surface area (Å²) in [6, 6.07) is 0. The number of carbonyl (C=O) groups excluding carboxylic acids is 1. The molecule has 0 aromatic carbocycles. The normalized spacial score (nSPS) is 31.9. The second-order valence-electron chi connectivity index (χ2n) is 2.69. The van der Waals surface area contributed by atoms with Gasteiger partial charge in [0.2, 0.25) is 0 Å². The molecule has 0 spiro atoms. The Morgan fingerprint density at radius 2 is 2.18 bits per heavy atom. The Morgan fingerprint density at radius 3 is 2.64 bits per heavy atom. The molecule has 1 rings (SSSR count). The van der Waals surface area contributed by atoms with Gasteiger partial charge in [0.25, 0.3) is 0 Å². The highest BCUT2D eigenvalue weighted by atomic mass is 79.9. The number of hydrogen-bond acceptors (Lipinski definition) is 2. The molecular formula is C7H9BrO3. The zero-order valence-electron chi connectivity index (χ0n) is 5.92. The van der Waals surface area contributed by atoms with Crippen molar-refractivity contribution in [1.82, 2.24) is 0 Å². The number of aliphatic carboxylic acids is 1. The lowest BCUT2D eigenvalue weighted by molar-refractivity contribution is -0.147. The largest absolute Gasteiger partial charge is 0.481 e. The molecular weight excluding hydrogens is 212 g/mol. The number of rotatable bonds is 1. The van der Waals surface area contributed by atoms with Gasteiger partial charge in [-0.2, -0.15) is 0 Å². The number of Topliss-reactive ketones (excluding diaryl/α,β-unsaturated/α-hetero) is 1. The summed E-state index contributed by atoms with van der Waals surface area (Å²) in [5.74, 6) is -1.93. The molecule has 2 atom stereocenters. The van der Waals surface area contributed by atoms with Gasteiger partial charge in [0.1, 0.15) is 5.92 Å². The first-order chi connectivity index (χ1) is 5.13. The third-order valence-corrected chi connectivity index (χ3v) is 2.81. The topological polar surface area (TPSA) is 54.4 Å². The van der Waals surface area contributed by atoms with Crippen molar-refractivity contribution in [3.05, 3.63) is 0 Å². The number of carboxylic acid groups (broad SMARTS) is 1. The highest BCUT2D eigenvalue weighted by molar-refractivity contribution is 9.10. The van der Waals surface area contributed by atoms with Crippen molar-refractivity contribution >= 4 is 27.7 Å². The van der Waals surface area contributed by atoms with E-state index in [0.717, 1.165) is 12.8 Å². The lowest BCUT2D eigenvalue weighted by Crippen LogP contribution is -2.33. The van der Waals surface area contributed by atoms with E-state index in [2.05, 4.69) is 15.9 Å². The SMILES string of the molecule is O=C(O)[C@@H]1CCC[C@@H](Br)C1=O. The fourth-order valence-corrected chi connectivity index (χ4v) is 1.89. The predicted octanol–water partition coefficient (Wildman–Crippen LogP) is 1.20. The summed E-state index contributed by atoms with van der Waals surface area (Å²) in [6.07, 6.45) is 2.08. The predicted molar refractivity (Wildman–Crippen MR) is 42.7 cm³/mol. The Morgan fingerprint density at radius 1 is 1.55 bits per heavy atom. The van der Waals surface area contributed by atoms with Crippen molar-refractivity contribution in [3.63, 3.8) is 0 Å². The maximum Gasteiger partial charge on any atom is 0.314 e. The Labute approximate surface area is 72.9 Å². The molecule has 1 N–H and O–H groups in total. The van der Waals surface area contributed by atoms with E-state index >= 15 is 0 Å². The average molecular weight is 221 g/mol. The Kier molecular flexibility index (Phi) is 2.65. The molecule has 62 valence electrons. The van der Waals surface area contributed by atoms with Gasteiger partial charge in [0.15, 0.2) is 5.78 Å². The summed E-state index contributed by atoms with van der Waals surface area (Å²) in [7, 11) is 0. The van der Waals surface area contributed by atoms with Crippen molar-refractivity contribution in [2.75, 3.05) is 0 Å². The zero-order valence-corrected chi connectivity index (χ0v) is 7.50. The number of halogens is 1. The number of hydrogen-bond donors (Lipinski definition) is 1. The van der Waals surface area contributed by atoms with Gasteiger partial charge in [-0.15, -0.1) is 0 Å². The van der Waals surface area contributed by atoms with Crippen LogP contribution in [0.3, 0.4) is 0 Å². The summed E-state index contributed by atoms with van der Waals surface area (Å²) < 4.78 is 0. The van der Waals surface area contributed by atoms with Crippen LogP contribution in [0.5, 0.6) is 0 Å². The van der Waals surface area contributed by atoms with Crippen molar-refractivity contribution in [3.8, 4) is 0 Å². The summed E-state index contributed by atoms with van der Waals surface area (Å²) in [5.41, 5.74) is 0. The first kappa shape index (κ1) is 8.71. The molecule has 11 heavy (non-hydrogen) atoms. The first-order valence-corrected chi connectivity index (χ1v) is 4.45. The summed E-state index contributed by atoms with van der Waals surface area (Å²) in [6.45, 7) is 0. The summed E-state index contributed by atoms with van der Waals surface area (Å²) in [5, 5.41) is 8.58. The zero-order chi connectivity index (χ0) is 8.43. The number of alkyl halides is 1. The molecule has 1 fully saturated rings. The third-order valence-electron chi connectivity index (χ3n) is 1.90. The van der Waals surface area contributed by atoms with Gasteiger partial charge in [0, 0.05) is 0 Å². The van der Waals surface area contributed by atoms with Crippen LogP contribution in [0, 0.1) is 5.92 Å². The number of carbonyl (C=O) groups is 2. The molecule has 0 heterocycles. The molecule has 1 saturated carbocycles. The minimum Gasteiger partial charge on any atom is -0.481 e. The lowest BCUT2D eigenvalue weighted by Gasteiger charge is -2.20. The monoisotopic (exact) mass is 220 g/mol. The van der Waals surface area contributed by atoms with Crippen LogP contribution >= 0.6 is 15.9 Å². The highest BCUT2D eigenvalue weighted by Crippen LogP contribution is 2.25. The Hall–Kier alpha value is -0.380. The van der Waals surface area contributed by atoms with Gasteiger partial charge < -0.3 is 5.11 Å². The summed E-state index contributed by atoms with van der Waals surface area (Å²) >= 11 is 3.15. The molecule has 0 saturated heterocycles. The van der Waals surface area contributed by atoms with Crippen LogP contribution in [-0.4, -0.2) is 21.7 Å². The van der Waals surface area contributed by atoms with Crippen LogP contribution in [0.15, 0.2) is 0 Å². The standard InChI is InChI=1S/C7H9BrO3/c8-5-3-1-2-4(6(5)9)7(10)11/h4-5H,1-3H2,(H,10,11)/t4-,5-/m1/s1. The van der Waals surface area contributed by atoms with Gasteiger partial charge >= 0.3 is 5.97 Å². The minimum atomic E-state index is -0.987. The number of carboxylic acids is 1. The van der Waals surface area contributed by atoms with E-state index < -0.39 is 11.9 Å². The molecule has 0 bridgehead atoms. The second kappa shape index (κ2) is 3.34. The van der Waals surface area contributed by atoms with Crippen LogP contribution in [0.1, 0.15) is 19.3 Å². The van der Waals surface area contributed by atoms with E-state index in [9.17, 15) is 9.59 Å². The van der Waals surface area contributed by atoms with E-state index in [4.69, 9.17) is 5.11 Å². The molecule has 4 heteroatoms. The van der Waals surface area contributed by atoms with Crippen molar-refractivity contribution in [2.45, 2.75) is 24.1 Å². The molecule has 1 aliphatic carbocycles. The molecule has 0 aromatic rings. The number of ketones is 1. The Balaban J connectivity index is 2.66. The highest BCUT2D eigenvalue weighted by Gasteiger charge is 2.34. The minimum absolute atomic E-state index is 0.177. The van der Waals surface area contributed by atoms with E-state index in [-0.39, 0.29) is 10.6 Å². The third kappa shape index (κ3) is 1.80. The van der Waals surface area contributed by atoms with Gasteiger partial charge in [-0.3, -0.25) is 9.59 Å². The fourth-order valence-electron chi connectivity index (χ4n) is 1.25. The second-order valence-corrected chi connectivity index (χ2v) is 3.80. The molecule has 0 aromatic heterocycles. The maximum atomic E-state index is 11.1. The average Bonchev–Trinajstić information content (AvgIpc) is 1.94. The molecule has 0 aliphatic heterocycles. The molecule has 3 nitrogen and oxygen atoms in total. The van der Waals surface area contributed by atoms with E-state index in [0.29, 0.717) is 6.42 Å². The molecule has 0 radical (unpaired) electrons. The van der Waals surface area contributed by atoms with Gasteiger partial charge in [-0.05, 0) is 12.8 Å². The summed E-state index contributed by atoms with van der Waals surface area (Å²) in [4.78, 5) is 21.4. The van der Waals surface area contributed by atoms with Crippen LogP contribution in [-0.2, 0) is 9.59 Å². The smallest absolute Gasteiger partial charge is 0.314 e. The van der Waals surface area contributed by atoms with Gasteiger partial charge in [-0.1, -0.05) is 22.4 Å². The van der Waals surface area contributed by atoms with Crippen LogP contribution < -0.4 is 0 Å². The first-order valence-electron chi connectivity index (χ1n) is 3.53.